The summed E-state index contributed by atoms with van der Waals surface area (Å²) < 4.78 is 2.24. The van der Waals surface area contributed by atoms with Crippen molar-refractivity contribution in [2.24, 2.45) is 0 Å². The number of rotatable bonds is 2. The molecule has 1 amide bonds. The van der Waals surface area contributed by atoms with Gasteiger partial charge in [0.05, 0.1) is 0 Å². The molecule has 104 valence electrons. The Morgan fingerprint density at radius 3 is 2.25 bits per heavy atom. The number of hydrogen-bond acceptors (Lipinski definition) is 1. The Labute approximate surface area is 123 Å². The van der Waals surface area contributed by atoms with Crippen LogP contribution in [0.2, 0.25) is 5.02 Å². The van der Waals surface area contributed by atoms with Gasteiger partial charge in [-0.2, -0.15) is 0 Å². The zero-order chi connectivity index (χ0) is 13.9. The van der Waals surface area contributed by atoms with Gasteiger partial charge in [0.2, 0.25) is 0 Å². The average molecular weight is 289 g/mol. The molecule has 1 fully saturated rings. The minimum Gasteiger partial charge on any atom is -0.351 e. The third-order valence-corrected chi connectivity index (χ3v) is 4.14. The topological polar surface area (TPSA) is 25.2 Å². The molecule has 2 heterocycles. The number of nitrogens with zero attached hydrogens (tertiary/aromatic N) is 2. The van der Waals surface area contributed by atoms with Crippen molar-refractivity contribution in [1.29, 1.82) is 0 Å². The molecule has 1 aliphatic heterocycles. The van der Waals surface area contributed by atoms with E-state index < -0.39 is 0 Å². The number of likely N-dealkylation sites (tertiary alicyclic amines) is 1. The molecule has 0 radical (unpaired) electrons. The van der Waals surface area contributed by atoms with Crippen LogP contribution >= 0.6 is 11.6 Å². The monoisotopic (exact) mass is 288 g/mol. The molecule has 3 rings (SSSR count). The third-order valence-electron chi connectivity index (χ3n) is 3.89. The first-order valence-corrected chi connectivity index (χ1v) is 7.29. The van der Waals surface area contributed by atoms with E-state index >= 15 is 0 Å². The molecule has 0 unspecified atom stereocenters. The van der Waals surface area contributed by atoms with Gasteiger partial charge in [-0.25, -0.2) is 0 Å². The van der Waals surface area contributed by atoms with E-state index in [0.717, 1.165) is 25.9 Å². The van der Waals surface area contributed by atoms with Crippen LogP contribution in [0.4, 0.5) is 0 Å². The van der Waals surface area contributed by atoms with Crippen molar-refractivity contribution in [3.63, 3.8) is 0 Å². The maximum absolute atomic E-state index is 12.4. The molecule has 0 spiro atoms. The van der Waals surface area contributed by atoms with Gasteiger partial charge in [0.1, 0.15) is 0 Å². The average Bonchev–Trinajstić information content (AvgIpc) is 3.02. The fourth-order valence-electron chi connectivity index (χ4n) is 2.73. The minimum atomic E-state index is 0.104. The second-order valence-corrected chi connectivity index (χ2v) is 5.60. The number of halogens is 1. The maximum atomic E-state index is 12.4. The van der Waals surface area contributed by atoms with Crippen molar-refractivity contribution < 1.29 is 4.79 Å². The van der Waals surface area contributed by atoms with Crippen molar-refractivity contribution >= 4 is 17.5 Å². The van der Waals surface area contributed by atoms with Gasteiger partial charge in [0.25, 0.3) is 5.91 Å². The van der Waals surface area contributed by atoms with Crippen molar-refractivity contribution in [2.45, 2.75) is 18.9 Å². The van der Waals surface area contributed by atoms with E-state index in [2.05, 4.69) is 17.0 Å². The van der Waals surface area contributed by atoms with E-state index in [1.807, 2.05) is 17.0 Å². The zero-order valence-electron chi connectivity index (χ0n) is 11.2. The molecule has 4 heteroatoms. The number of aromatic nitrogens is 1. The highest BCUT2D eigenvalue weighted by Gasteiger charge is 2.23. The maximum Gasteiger partial charge on any atom is 0.253 e. The quantitative estimate of drug-likeness (QED) is 0.828. The molecule has 0 aliphatic carbocycles. The summed E-state index contributed by atoms with van der Waals surface area (Å²) in [4.78, 5) is 14.3. The lowest BCUT2D eigenvalue weighted by atomic mass is 10.0. The summed E-state index contributed by atoms with van der Waals surface area (Å²) in [6.45, 7) is 1.62. The first-order chi connectivity index (χ1) is 9.74. The second-order valence-electron chi connectivity index (χ2n) is 5.16. The van der Waals surface area contributed by atoms with E-state index in [4.69, 9.17) is 11.6 Å². The number of amides is 1. The first kappa shape index (κ1) is 13.3. The van der Waals surface area contributed by atoms with Crippen LogP contribution in [-0.4, -0.2) is 28.5 Å². The largest absolute Gasteiger partial charge is 0.351 e. The summed E-state index contributed by atoms with van der Waals surface area (Å²) in [6.07, 6.45) is 6.21. The molecule has 0 atom stereocenters. The van der Waals surface area contributed by atoms with Crippen LogP contribution in [0.5, 0.6) is 0 Å². The van der Waals surface area contributed by atoms with Gasteiger partial charge < -0.3 is 9.47 Å². The first-order valence-electron chi connectivity index (χ1n) is 6.91. The molecule has 0 saturated carbocycles. The summed E-state index contributed by atoms with van der Waals surface area (Å²) in [5.41, 5.74) is 0.716. The molecule has 0 bridgehead atoms. The molecule has 1 aromatic heterocycles. The third kappa shape index (κ3) is 2.73. The SMILES string of the molecule is O=C(c1ccc(Cl)cc1)N1CCC(n2cccc2)CC1. The van der Waals surface area contributed by atoms with Crippen molar-refractivity contribution in [3.8, 4) is 0 Å². The fraction of sp³-hybridized carbons (Fsp3) is 0.312. The van der Waals surface area contributed by atoms with Crippen LogP contribution in [0.3, 0.4) is 0 Å². The van der Waals surface area contributed by atoms with E-state index in [9.17, 15) is 4.79 Å². The van der Waals surface area contributed by atoms with E-state index in [1.54, 1.807) is 24.3 Å². The number of carbonyl (C=O) groups excluding carboxylic acids is 1. The van der Waals surface area contributed by atoms with E-state index in [0.29, 0.717) is 16.6 Å². The van der Waals surface area contributed by atoms with Crippen molar-refractivity contribution in [2.75, 3.05) is 13.1 Å². The van der Waals surface area contributed by atoms with Crippen LogP contribution < -0.4 is 0 Å². The van der Waals surface area contributed by atoms with Crippen LogP contribution in [0, 0.1) is 0 Å². The Hall–Kier alpha value is -1.74. The number of benzene rings is 1. The predicted octanol–water partition coefficient (Wildman–Crippen LogP) is 3.62. The van der Waals surface area contributed by atoms with Crippen LogP contribution in [0.15, 0.2) is 48.8 Å². The smallest absolute Gasteiger partial charge is 0.253 e. The Balaban J connectivity index is 1.63. The number of carbonyl (C=O) groups is 1. The Kier molecular flexibility index (Phi) is 3.79. The Morgan fingerprint density at radius 1 is 1.05 bits per heavy atom. The lowest BCUT2D eigenvalue weighted by Gasteiger charge is -2.32. The van der Waals surface area contributed by atoms with Crippen LogP contribution in [0.25, 0.3) is 0 Å². The molecule has 1 saturated heterocycles. The number of piperidine rings is 1. The highest BCUT2D eigenvalue weighted by Crippen LogP contribution is 2.23. The Bertz CT molecular complexity index is 569. The van der Waals surface area contributed by atoms with Crippen LogP contribution in [-0.2, 0) is 0 Å². The summed E-state index contributed by atoms with van der Waals surface area (Å²) in [5.74, 6) is 0.104. The molecule has 1 aromatic carbocycles. The lowest BCUT2D eigenvalue weighted by Crippen LogP contribution is -2.38. The zero-order valence-corrected chi connectivity index (χ0v) is 12.0. The summed E-state index contributed by atoms with van der Waals surface area (Å²) in [5, 5.41) is 0.660. The molecule has 0 N–H and O–H groups in total. The highest BCUT2D eigenvalue weighted by molar-refractivity contribution is 6.30. The summed E-state index contributed by atoms with van der Waals surface area (Å²) in [7, 11) is 0. The van der Waals surface area contributed by atoms with E-state index in [1.165, 1.54) is 0 Å². The normalized spacial score (nSPS) is 16.4. The molecule has 1 aliphatic rings. The van der Waals surface area contributed by atoms with Gasteiger partial charge in [-0.3, -0.25) is 4.79 Å². The van der Waals surface area contributed by atoms with Gasteiger partial charge >= 0.3 is 0 Å². The molecular weight excluding hydrogens is 272 g/mol. The summed E-state index contributed by atoms with van der Waals surface area (Å²) in [6, 6.07) is 11.7. The number of hydrogen-bond donors (Lipinski definition) is 0. The van der Waals surface area contributed by atoms with Crippen molar-refractivity contribution in [1.82, 2.24) is 9.47 Å². The minimum absolute atomic E-state index is 0.104. The summed E-state index contributed by atoms with van der Waals surface area (Å²) >= 11 is 5.85. The van der Waals surface area contributed by atoms with Crippen LogP contribution in [0.1, 0.15) is 29.2 Å². The van der Waals surface area contributed by atoms with Gasteiger partial charge in [-0.05, 0) is 49.2 Å². The molecule has 2 aromatic rings. The molecule has 3 nitrogen and oxygen atoms in total. The van der Waals surface area contributed by atoms with Gasteiger partial charge in [0.15, 0.2) is 0 Å². The molecular formula is C16H17ClN2O. The van der Waals surface area contributed by atoms with Gasteiger partial charge in [0, 0.05) is 42.1 Å². The van der Waals surface area contributed by atoms with Crippen molar-refractivity contribution in [3.05, 3.63) is 59.4 Å². The predicted molar refractivity (Wildman–Crippen MR) is 80.1 cm³/mol. The Morgan fingerprint density at radius 2 is 1.65 bits per heavy atom. The molecule has 20 heavy (non-hydrogen) atoms. The second kappa shape index (κ2) is 5.71. The standard InChI is InChI=1S/C16H17ClN2O/c17-14-5-3-13(4-6-14)16(20)19-11-7-15(8-12-19)18-9-1-2-10-18/h1-6,9-10,15H,7-8,11-12H2. The lowest BCUT2D eigenvalue weighted by molar-refractivity contribution is 0.0694. The fourth-order valence-corrected chi connectivity index (χ4v) is 2.86. The van der Waals surface area contributed by atoms with Gasteiger partial charge in [-0.1, -0.05) is 11.6 Å². The van der Waals surface area contributed by atoms with Gasteiger partial charge in [-0.15, -0.1) is 0 Å². The van der Waals surface area contributed by atoms with E-state index in [-0.39, 0.29) is 5.91 Å². The highest BCUT2D eigenvalue weighted by atomic mass is 35.5.